The average Bonchev–Trinajstić information content (AvgIpc) is 2.33. The van der Waals surface area contributed by atoms with Crippen LogP contribution >= 0.6 is 0 Å². The summed E-state index contributed by atoms with van der Waals surface area (Å²) in [6.45, 7) is 7.35. The number of unbranched alkanes of at least 4 members (excludes halogenated alkanes) is 1. The molecule has 0 radical (unpaired) electrons. The van der Waals surface area contributed by atoms with E-state index in [0.29, 0.717) is 0 Å². The molecule has 1 aromatic heterocycles. The maximum Gasteiger partial charge on any atom is 0.0440 e. The molecule has 3 nitrogen and oxygen atoms in total. The number of nitrogens with zero attached hydrogens (tertiary/aromatic N) is 2. The topological polar surface area (TPSA) is 28.2 Å². The van der Waals surface area contributed by atoms with E-state index < -0.39 is 0 Å². The van der Waals surface area contributed by atoms with Crippen molar-refractivity contribution >= 4 is 5.69 Å². The second-order valence-electron chi connectivity index (χ2n) is 4.06. The van der Waals surface area contributed by atoms with Crippen LogP contribution in [-0.2, 0) is 6.54 Å². The van der Waals surface area contributed by atoms with E-state index in [1.807, 2.05) is 12.4 Å². The first kappa shape index (κ1) is 13.0. The molecule has 0 unspecified atom stereocenters. The number of anilines is 1. The fourth-order valence-electron chi connectivity index (χ4n) is 1.70. The highest BCUT2D eigenvalue weighted by molar-refractivity contribution is 5.51. The van der Waals surface area contributed by atoms with E-state index in [1.54, 1.807) is 0 Å². The fourth-order valence-corrected chi connectivity index (χ4v) is 1.70. The van der Waals surface area contributed by atoms with Crippen LogP contribution in [-0.4, -0.2) is 25.1 Å². The molecule has 0 saturated carbocycles. The molecule has 1 aromatic rings. The maximum atomic E-state index is 4.19. The molecule has 0 aliphatic rings. The number of aromatic nitrogens is 1. The Kier molecular flexibility index (Phi) is 5.86. The van der Waals surface area contributed by atoms with Gasteiger partial charge in [0.1, 0.15) is 0 Å². The number of nitrogens with one attached hydrogen (secondary N) is 1. The normalized spacial score (nSPS) is 10.4. The average molecular weight is 221 g/mol. The zero-order valence-electron chi connectivity index (χ0n) is 10.7. The minimum atomic E-state index is 0.899. The summed E-state index contributed by atoms with van der Waals surface area (Å²) in [4.78, 5) is 6.51. The largest absolute Gasteiger partial charge is 0.374 e. The molecule has 1 N–H and O–H groups in total. The molecule has 1 rings (SSSR count). The van der Waals surface area contributed by atoms with Crippen LogP contribution in [0.2, 0.25) is 0 Å². The number of pyridine rings is 1. The summed E-state index contributed by atoms with van der Waals surface area (Å²) in [6, 6.07) is 2.10. The molecule has 90 valence electrons. The summed E-state index contributed by atoms with van der Waals surface area (Å²) in [5, 5.41) is 3.35. The van der Waals surface area contributed by atoms with Gasteiger partial charge in [0.05, 0.1) is 0 Å². The molecular weight excluding hydrogens is 198 g/mol. The first-order chi connectivity index (χ1) is 7.79. The Morgan fingerprint density at radius 3 is 2.88 bits per heavy atom. The first-order valence-corrected chi connectivity index (χ1v) is 6.14. The number of rotatable bonds is 7. The quantitative estimate of drug-likeness (QED) is 0.766. The first-order valence-electron chi connectivity index (χ1n) is 6.14. The van der Waals surface area contributed by atoms with E-state index in [-0.39, 0.29) is 0 Å². The van der Waals surface area contributed by atoms with Crippen LogP contribution in [0.4, 0.5) is 5.69 Å². The maximum absolute atomic E-state index is 4.19. The molecule has 1 heterocycles. The molecule has 0 atom stereocenters. The lowest BCUT2D eigenvalue weighted by molar-refractivity contribution is 0.714. The van der Waals surface area contributed by atoms with Crippen molar-refractivity contribution in [2.24, 2.45) is 0 Å². The van der Waals surface area contributed by atoms with Gasteiger partial charge in [-0.2, -0.15) is 0 Å². The van der Waals surface area contributed by atoms with E-state index in [1.165, 1.54) is 24.1 Å². The molecule has 3 heteroatoms. The summed E-state index contributed by atoms with van der Waals surface area (Å²) < 4.78 is 0. The van der Waals surface area contributed by atoms with Gasteiger partial charge in [0.25, 0.3) is 0 Å². The van der Waals surface area contributed by atoms with Gasteiger partial charge in [0.2, 0.25) is 0 Å². The third kappa shape index (κ3) is 3.81. The van der Waals surface area contributed by atoms with Gasteiger partial charge < -0.3 is 10.2 Å². The zero-order chi connectivity index (χ0) is 11.8. The smallest absolute Gasteiger partial charge is 0.0440 e. The molecule has 0 spiro atoms. The lowest BCUT2D eigenvalue weighted by Gasteiger charge is -2.22. The van der Waals surface area contributed by atoms with Crippen LogP contribution in [0.3, 0.4) is 0 Å². The molecule has 0 bridgehead atoms. The van der Waals surface area contributed by atoms with E-state index in [0.717, 1.165) is 19.6 Å². The molecule has 0 aromatic carbocycles. The highest BCUT2D eigenvalue weighted by Gasteiger charge is 2.06. The van der Waals surface area contributed by atoms with Crippen LogP contribution in [0.5, 0.6) is 0 Å². The Labute approximate surface area is 98.9 Å². The molecule has 0 amide bonds. The SMILES string of the molecule is CCCCN(C)c1ccncc1CNCC. The van der Waals surface area contributed by atoms with Crippen LogP contribution in [0, 0.1) is 0 Å². The van der Waals surface area contributed by atoms with Crippen molar-refractivity contribution in [1.82, 2.24) is 10.3 Å². The minimum absolute atomic E-state index is 0.899. The second-order valence-corrected chi connectivity index (χ2v) is 4.06. The third-order valence-corrected chi connectivity index (χ3v) is 2.70. The van der Waals surface area contributed by atoms with Crippen LogP contribution in [0.25, 0.3) is 0 Å². The molecule has 0 fully saturated rings. The molecule has 16 heavy (non-hydrogen) atoms. The molecular formula is C13H23N3. The van der Waals surface area contributed by atoms with Crippen molar-refractivity contribution in [2.75, 3.05) is 25.0 Å². The van der Waals surface area contributed by atoms with Crippen molar-refractivity contribution < 1.29 is 0 Å². The van der Waals surface area contributed by atoms with Crippen LogP contribution < -0.4 is 10.2 Å². The molecule has 0 saturated heterocycles. The van der Waals surface area contributed by atoms with Crippen LogP contribution in [0.15, 0.2) is 18.5 Å². The Balaban J connectivity index is 2.68. The van der Waals surface area contributed by atoms with Gasteiger partial charge in [0.15, 0.2) is 0 Å². The van der Waals surface area contributed by atoms with Crippen molar-refractivity contribution in [3.8, 4) is 0 Å². The van der Waals surface area contributed by atoms with Gasteiger partial charge in [-0.15, -0.1) is 0 Å². The van der Waals surface area contributed by atoms with Crippen LogP contribution in [0.1, 0.15) is 32.3 Å². The Morgan fingerprint density at radius 1 is 1.38 bits per heavy atom. The standard InChI is InChI=1S/C13H23N3/c1-4-6-9-16(3)13-7-8-15-11-12(13)10-14-5-2/h7-8,11,14H,4-6,9-10H2,1-3H3. The predicted octanol–water partition coefficient (Wildman–Crippen LogP) is 2.43. The van der Waals surface area contributed by atoms with Gasteiger partial charge in [0, 0.05) is 43.8 Å². The van der Waals surface area contributed by atoms with Crippen molar-refractivity contribution in [1.29, 1.82) is 0 Å². The zero-order valence-corrected chi connectivity index (χ0v) is 10.7. The molecule has 0 aliphatic heterocycles. The summed E-state index contributed by atoms with van der Waals surface area (Å²) in [5.74, 6) is 0. The predicted molar refractivity (Wildman–Crippen MR) is 69.8 cm³/mol. The van der Waals surface area contributed by atoms with E-state index in [2.05, 4.69) is 42.2 Å². The highest BCUT2D eigenvalue weighted by Crippen LogP contribution is 2.18. The molecule has 0 aliphatic carbocycles. The Bertz CT molecular complexity index is 299. The van der Waals surface area contributed by atoms with Crippen molar-refractivity contribution in [3.63, 3.8) is 0 Å². The lowest BCUT2D eigenvalue weighted by atomic mass is 10.2. The van der Waals surface area contributed by atoms with Gasteiger partial charge in [-0.25, -0.2) is 0 Å². The minimum Gasteiger partial charge on any atom is -0.374 e. The fraction of sp³-hybridized carbons (Fsp3) is 0.615. The van der Waals surface area contributed by atoms with Gasteiger partial charge >= 0.3 is 0 Å². The summed E-state index contributed by atoms with van der Waals surface area (Å²) in [5.41, 5.74) is 2.58. The van der Waals surface area contributed by atoms with Crippen molar-refractivity contribution in [3.05, 3.63) is 24.0 Å². The lowest BCUT2D eigenvalue weighted by Crippen LogP contribution is -2.22. The third-order valence-electron chi connectivity index (χ3n) is 2.70. The number of hydrogen-bond acceptors (Lipinski definition) is 3. The van der Waals surface area contributed by atoms with Gasteiger partial charge in [-0.05, 0) is 19.0 Å². The van der Waals surface area contributed by atoms with E-state index in [9.17, 15) is 0 Å². The van der Waals surface area contributed by atoms with Gasteiger partial charge in [-0.1, -0.05) is 20.3 Å². The van der Waals surface area contributed by atoms with E-state index in [4.69, 9.17) is 0 Å². The second kappa shape index (κ2) is 7.23. The Morgan fingerprint density at radius 2 is 2.19 bits per heavy atom. The highest BCUT2D eigenvalue weighted by atomic mass is 15.1. The monoisotopic (exact) mass is 221 g/mol. The number of hydrogen-bond donors (Lipinski definition) is 1. The summed E-state index contributed by atoms with van der Waals surface area (Å²) in [6.07, 6.45) is 6.30. The van der Waals surface area contributed by atoms with Crippen molar-refractivity contribution in [2.45, 2.75) is 33.2 Å². The Hall–Kier alpha value is -1.09. The van der Waals surface area contributed by atoms with Gasteiger partial charge in [-0.3, -0.25) is 4.98 Å². The summed E-state index contributed by atoms with van der Waals surface area (Å²) >= 11 is 0. The summed E-state index contributed by atoms with van der Waals surface area (Å²) in [7, 11) is 2.15. The van der Waals surface area contributed by atoms with E-state index >= 15 is 0 Å².